The predicted octanol–water partition coefficient (Wildman–Crippen LogP) is 3.67. The van der Waals surface area contributed by atoms with Crippen molar-refractivity contribution >= 4 is 34.6 Å². The first kappa shape index (κ1) is 20.0. The van der Waals surface area contributed by atoms with Gasteiger partial charge in [-0.2, -0.15) is 0 Å². The van der Waals surface area contributed by atoms with E-state index >= 15 is 0 Å². The summed E-state index contributed by atoms with van der Waals surface area (Å²) < 4.78 is 23.0. The van der Waals surface area contributed by atoms with Gasteiger partial charge in [0.15, 0.2) is 4.90 Å². The summed E-state index contributed by atoms with van der Waals surface area (Å²) in [6.07, 6.45) is 1.10. The van der Waals surface area contributed by atoms with Crippen LogP contribution in [0.25, 0.3) is 0 Å². The number of fused-ring (bicyclic) bond motifs is 1. The molecular weight excluding hydrogens is 380 g/mol. The number of benzene rings is 2. The Morgan fingerprint density at radius 1 is 1.25 bits per heavy atom. The highest BCUT2D eigenvalue weighted by Gasteiger charge is 2.16. The minimum atomic E-state index is -1.08. The Labute approximate surface area is 166 Å². The van der Waals surface area contributed by atoms with Gasteiger partial charge in [0, 0.05) is 18.2 Å². The van der Waals surface area contributed by atoms with Gasteiger partial charge in [0.05, 0.1) is 12.3 Å². The van der Waals surface area contributed by atoms with Gasteiger partial charge in [0.25, 0.3) is 0 Å². The molecule has 3 rings (SSSR count). The highest BCUT2D eigenvalue weighted by atomic mass is 32.2. The third-order valence-corrected chi connectivity index (χ3v) is 5.56. The number of rotatable bonds is 8. The lowest BCUT2D eigenvalue weighted by Crippen LogP contribution is -2.20. The average molecular weight is 402 g/mol. The molecule has 1 aliphatic rings. The van der Waals surface area contributed by atoms with Crippen molar-refractivity contribution in [2.24, 2.45) is 0 Å². The molecule has 1 heterocycles. The van der Waals surface area contributed by atoms with Crippen molar-refractivity contribution < 1.29 is 23.6 Å². The molecule has 28 heavy (non-hydrogen) atoms. The smallest absolute Gasteiger partial charge is 0.411 e. The molecule has 1 aliphatic heterocycles. The van der Waals surface area contributed by atoms with Crippen LogP contribution in [-0.2, 0) is 27.3 Å². The molecule has 2 aromatic carbocycles. The number of ether oxygens (including phenoxy) is 2. The number of carbonyl (C=O) groups is 2. The van der Waals surface area contributed by atoms with E-state index in [4.69, 9.17) is 9.47 Å². The standard InChI is InChI=1S/C20H22N2O5S/c1-14(23)21-16-4-7-18(8-5-16)28(25)11-3-2-10-26-17-6-9-19-15(12-17)13-27-20(24)22-19/h4-9,12H,2-3,10-11,13H2,1H3,(H,21,23)(H,22,24). The molecule has 0 fully saturated rings. The zero-order valence-corrected chi connectivity index (χ0v) is 16.3. The first-order chi connectivity index (χ1) is 13.5. The molecule has 2 N–H and O–H groups in total. The number of unbranched alkanes of at least 4 members (excludes halogenated alkanes) is 1. The lowest BCUT2D eigenvalue weighted by Gasteiger charge is -2.18. The van der Waals surface area contributed by atoms with Gasteiger partial charge in [-0.05, 0) is 66.5 Å². The number of anilines is 2. The number of nitrogens with one attached hydrogen (secondary N) is 2. The van der Waals surface area contributed by atoms with Crippen LogP contribution in [0.4, 0.5) is 16.2 Å². The molecule has 1 unspecified atom stereocenters. The zero-order chi connectivity index (χ0) is 19.9. The predicted molar refractivity (Wildman–Crippen MR) is 107 cm³/mol. The van der Waals surface area contributed by atoms with Crippen molar-refractivity contribution in [2.75, 3.05) is 23.0 Å². The number of hydrogen-bond acceptors (Lipinski definition) is 5. The molecule has 0 radical (unpaired) electrons. The zero-order valence-electron chi connectivity index (χ0n) is 15.5. The summed E-state index contributed by atoms with van der Waals surface area (Å²) in [6, 6.07) is 12.5. The van der Waals surface area contributed by atoms with Crippen LogP contribution < -0.4 is 15.4 Å². The van der Waals surface area contributed by atoms with E-state index in [0.717, 1.165) is 29.0 Å². The SMILES string of the molecule is CC(=O)Nc1ccc([S+]([O-])CCCCOc2ccc3c(c2)COC(=O)N3)cc1. The maximum absolute atomic E-state index is 12.3. The van der Waals surface area contributed by atoms with E-state index in [-0.39, 0.29) is 12.5 Å². The van der Waals surface area contributed by atoms with Crippen LogP contribution in [0.15, 0.2) is 47.4 Å². The summed E-state index contributed by atoms with van der Waals surface area (Å²) in [5, 5.41) is 5.32. The average Bonchev–Trinajstić information content (AvgIpc) is 2.67. The van der Waals surface area contributed by atoms with Crippen LogP contribution in [0.3, 0.4) is 0 Å². The second-order valence-electron chi connectivity index (χ2n) is 6.33. The highest BCUT2D eigenvalue weighted by molar-refractivity contribution is 7.91. The normalized spacial score (nSPS) is 13.7. The monoisotopic (exact) mass is 402 g/mol. The molecular formula is C20H22N2O5S. The molecule has 0 spiro atoms. The number of hydrogen-bond donors (Lipinski definition) is 2. The van der Waals surface area contributed by atoms with E-state index in [1.54, 1.807) is 36.4 Å². The van der Waals surface area contributed by atoms with Crippen molar-refractivity contribution in [3.8, 4) is 5.75 Å². The molecule has 8 heteroatoms. The van der Waals surface area contributed by atoms with Crippen LogP contribution in [-0.4, -0.2) is 28.9 Å². The van der Waals surface area contributed by atoms with E-state index in [2.05, 4.69) is 10.6 Å². The van der Waals surface area contributed by atoms with Gasteiger partial charge < -0.3 is 19.3 Å². The molecule has 1 atom stereocenters. The third-order valence-electron chi connectivity index (χ3n) is 4.10. The largest absolute Gasteiger partial charge is 0.611 e. The molecule has 0 saturated heterocycles. The van der Waals surface area contributed by atoms with Gasteiger partial charge in [-0.3, -0.25) is 10.1 Å². The molecule has 2 aromatic rings. The second kappa shape index (κ2) is 9.48. The Morgan fingerprint density at radius 2 is 2.04 bits per heavy atom. The summed E-state index contributed by atoms with van der Waals surface area (Å²) in [5.41, 5.74) is 2.31. The van der Waals surface area contributed by atoms with Gasteiger partial charge in [-0.15, -0.1) is 0 Å². The summed E-state index contributed by atoms with van der Waals surface area (Å²) in [7, 11) is 0. The van der Waals surface area contributed by atoms with Gasteiger partial charge in [0.1, 0.15) is 18.1 Å². The fourth-order valence-corrected chi connectivity index (χ4v) is 3.87. The fourth-order valence-electron chi connectivity index (χ4n) is 2.73. The summed E-state index contributed by atoms with van der Waals surface area (Å²) in [5.74, 6) is 1.13. The Balaban J connectivity index is 1.38. The van der Waals surface area contributed by atoms with Crippen molar-refractivity contribution in [1.82, 2.24) is 0 Å². The van der Waals surface area contributed by atoms with Gasteiger partial charge in [0.2, 0.25) is 5.91 Å². The van der Waals surface area contributed by atoms with Gasteiger partial charge in [-0.1, -0.05) is 0 Å². The minimum absolute atomic E-state index is 0.134. The molecule has 0 bridgehead atoms. The maximum atomic E-state index is 12.3. The summed E-state index contributed by atoms with van der Waals surface area (Å²) >= 11 is -1.08. The minimum Gasteiger partial charge on any atom is -0.611 e. The molecule has 0 aromatic heterocycles. The fraction of sp³-hybridized carbons (Fsp3) is 0.300. The second-order valence-corrected chi connectivity index (χ2v) is 7.90. The maximum Gasteiger partial charge on any atom is 0.411 e. The first-order valence-electron chi connectivity index (χ1n) is 8.97. The van der Waals surface area contributed by atoms with Crippen LogP contribution in [0.5, 0.6) is 5.75 Å². The molecule has 0 aliphatic carbocycles. The van der Waals surface area contributed by atoms with Gasteiger partial charge >= 0.3 is 6.09 Å². The van der Waals surface area contributed by atoms with E-state index < -0.39 is 17.3 Å². The Bertz CT molecular complexity index is 841. The Hall–Kier alpha value is -2.71. The molecule has 2 amide bonds. The summed E-state index contributed by atoms with van der Waals surface area (Å²) in [6.45, 7) is 2.20. The lowest BCUT2D eigenvalue weighted by atomic mass is 10.1. The Kier molecular flexibility index (Phi) is 6.78. The third kappa shape index (κ3) is 5.64. The van der Waals surface area contributed by atoms with E-state index in [0.29, 0.717) is 23.8 Å². The topological polar surface area (TPSA) is 99.7 Å². The number of cyclic esters (lactones) is 1. The van der Waals surface area contributed by atoms with Crippen LogP contribution in [0, 0.1) is 0 Å². The number of amides is 2. The molecule has 148 valence electrons. The van der Waals surface area contributed by atoms with Gasteiger partial charge in [-0.25, -0.2) is 4.79 Å². The quantitative estimate of drug-likeness (QED) is 0.518. The van der Waals surface area contributed by atoms with Crippen LogP contribution >= 0.6 is 0 Å². The summed E-state index contributed by atoms with van der Waals surface area (Å²) in [4.78, 5) is 22.9. The Morgan fingerprint density at radius 3 is 2.79 bits per heavy atom. The number of carbonyl (C=O) groups excluding carboxylic acids is 2. The van der Waals surface area contributed by atoms with Crippen molar-refractivity contribution in [1.29, 1.82) is 0 Å². The van der Waals surface area contributed by atoms with E-state index in [1.807, 2.05) is 6.07 Å². The van der Waals surface area contributed by atoms with Crippen molar-refractivity contribution in [3.05, 3.63) is 48.0 Å². The lowest BCUT2D eigenvalue weighted by molar-refractivity contribution is -0.114. The molecule has 7 nitrogen and oxygen atoms in total. The van der Waals surface area contributed by atoms with E-state index in [1.165, 1.54) is 6.92 Å². The van der Waals surface area contributed by atoms with Crippen molar-refractivity contribution in [2.45, 2.75) is 31.3 Å². The van der Waals surface area contributed by atoms with E-state index in [9.17, 15) is 14.1 Å². The van der Waals surface area contributed by atoms with Crippen LogP contribution in [0.1, 0.15) is 25.3 Å². The first-order valence-corrected chi connectivity index (χ1v) is 10.3. The highest BCUT2D eigenvalue weighted by Crippen LogP contribution is 2.26. The van der Waals surface area contributed by atoms with Crippen LogP contribution in [0.2, 0.25) is 0 Å². The molecule has 0 saturated carbocycles. The van der Waals surface area contributed by atoms with Crippen molar-refractivity contribution in [3.63, 3.8) is 0 Å².